The van der Waals surface area contributed by atoms with Gasteiger partial charge in [-0.25, -0.2) is 0 Å². The van der Waals surface area contributed by atoms with Crippen molar-refractivity contribution in [3.63, 3.8) is 0 Å². The molecule has 0 saturated heterocycles. The lowest BCUT2D eigenvalue weighted by molar-refractivity contribution is -0.127. The third-order valence-corrected chi connectivity index (χ3v) is 3.79. The normalized spacial score (nSPS) is 11.5. The van der Waals surface area contributed by atoms with E-state index in [-0.39, 0.29) is 11.8 Å². The first-order chi connectivity index (χ1) is 11.8. The molecule has 2 N–H and O–H groups in total. The van der Waals surface area contributed by atoms with E-state index in [4.69, 9.17) is 16.3 Å². The third-order valence-electron chi connectivity index (χ3n) is 3.55. The van der Waals surface area contributed by atoms with Gasteiger partial charge in [-0.3, -0.25) is 9.59 Å². The fraction of sp³-hybridized carbons (Fsp3) is 0.263. The average Bonchev–Trinajstić information content (AvgIpc) is 2.56. The van der Waals surface area contributed by atoms with Crippen molar-refractivity contribution >= 4 is 29.1 Å². The molecule has 0 aliphatic heterocycles. The number of halogens is 1. The Hall–Kier alpha value is -2.53. The average molecular weight is 361 g/mol. The summed E-state index contributed by atoms with van der Waals surface area (Å²) < 4.78 is 5.70. The summed E-state index contributed by atoms with van der Waals surface area (Å²) in [7, 11) is 0. The first-order valence-corrected chi connectivity index (χ1v) is 8.30. The molecule has 0 heterocycles. The monoisotopic (exact) mass is 360 g/mol. The summed E-state index contributed by atoms with van der Waals surface area (Å²) in [6, 6.07) is 12.5. The Bertz CT molecular complexity index is 760. The molecule has 0 aliphatic rings. The smallest absolute Gasteiger partial charge is 0.261 e. The van der Waals surface area contributed by atoms with Crippen LogP contribution in [-0.2, 0) is 16.1 Å². The predicted octanol–water partition coefficient (Wildman–Crippen LogP) is 3.69. The fourth-order valence-corrected chi connectivity index (χ4v) is 2.46. The molecule has 0 saturated carbocycles. The molecule has 6 heteroatoms. The second-order valence-corrected chi connectivity index (χ2v) is 6.20. The molecular formula is C19H21ClN2O3. The molecule has 2 rings (SSSR count). The summed E-state index contributed by atoms with van der Waals surface area (Å²) in [5.74, 6) is 0.302. The molecule has 0 fully saturated rings. The van der Waals surface area contributed by atoms with E-state index in [1.165, 1.54) is 6.92 Å². The lowest BCUT2D eigenvalue weighted by Crippen LogP contribution is -2.36. The number of carbonyl (C=O) groups is 2. The number of nitrogens with one attached hydrogen (secondary N) is 2. The number of ether oxygens (including phenoxy) is 1. The zero-order valence-electron chi connectivity index (χ0n) is 14.4. The van der Waals surface area contributed by atoms with Crippen LogP contribution in [0.5, 0.6) is 5.75 Å². The highest BCUT2D eigenvalue weighted by Crippen LogP contribution is 2.22. The van der Waals surface area contributed by atoms with Gasteiger partial charge in [-0.1, -0.05) is 23.7 Å². The van der Waals surface area contributed by atoms with Gasteiger partial charge in [0.2, 0.25) is 5.91 Å². The minimum Gasteiger partial charge on any atom is -0.481 e. The van der Waals surface area contributed by atoms with Crippen molar-refractivity contribution in [1.29, 1.82) is 0 Å². The summed E-state index contributed by atoms with van der Waals surface area (Å²) in [4.78, 5) is 23.2. The third kappa shape index (κ3) is 5.80. The van der Waals surface area contributed by atoms with Crippen molar-refractivity contribution < 1.29 is 14.3 Å². The zero-order chi connectivity index (χ0) is 18.4. The zero-order valence-corrected chi connectivity index (χ0v) is 15.2. The van der Waals surface area contributed by atoms with E-state index in [2.05, 4.69) is 10.6 Å². The van der Waals surface area contributed by atoms with Crippen LogP contribution in [0, 0.1) is 6.92 Å². The summed E-state index contributed by atoms with van der Waals surface area (Å²) >= 11 is 5.91. The molecule has 25 heavy (non-hydrogen) atoms. The van der Waals surface area contributed by atoms with Gasteiger partial charge in [-0.2, -0.15) is 0 Å². The Morgan fingerprint density at radius 1 is 1.16 bits per heavy atom. The number of benzene rings is 2. The molecular weight excluding hydrogens is 340 g/mol. The van der Waals surface area contributed by atoms with Crippen molar-refractivity contribution in [1.82, 2.24) is 5.32 Å². The maximum atomic E-state index is 12.2. The summed E-state index contributed by atoms with van der Waals surface area (Å²) in [6.45, 7) is 5.41. The van der Waals surface area contributed by atoms with Crippen LogP contribution in [0.15, 0.2) is 42.5 Å². The molecule has 2 aromatic carbocycles. The molecule has 0 aromatic heterocycles. The quantitative estimate of drug-likeness (QED) is 0.825. The molecule has 1 atom stereocenters. The number of aryl methyl sites for hydroxylation is 1. The van der Waals surface area contributed by atoms with Gasteiger partial charge in [-0.05, 0) is 55.3 Å². The molecule has 1 unspecified atom stereocenters. The van der Waals surface area contributed by atoms with E-state index < -0.39 is 6.10 Å². The van der Waals surface area contributed by atoms with E-state index in [9.17, 15) is 9.59 Å². The molecule has 2 aromatic rings. The van der Waals surface area contributed by atoms with Crippen molar-refractivity contribution in [3.8, 4) is 5.75 Å². The maximum Gasteiger partial charge on any atom is 0.261 e. The SMILES string of the molecule is CC(=O)Nc1ccc(CNC(=O)C(C)Oc2ccc(Cl)cc2C)cc1. The minimum atomic E-state index is -0.626. The van der Waals surface area contributed by atoms with Crippen LogP contribution in [0.1, 0.15) is 25.0 Å². The van der Waals surface area contributed by atoms with Gasteiger partial charge >= 0.3 is 0 Å². The maximum absolute atomic E-state index is 12.2. The molecule has 132 valence electrons. The second kappa shape index (κ2) is 8.53. The molecule has 5 nitrogen and oxygen atoms in total. The lowest BCUT2D eigenvalue weighted by Gasteiger charge is -2.16. The first kappa shape index (κ1) is 18.8. The minimum absolute atomic E-state index is 0.121. The highest BCUT2D eigenvalue weighted by Gasteiger charge is 2.15. The Balaban J connectivity index is 1.87. The van der Waals surface area contributed by atoms with Crippen LogP contribution in [0.25, 0.3) is 0 Å². The van der Waals surface area contributed by atoms with Gasteiger partial charge in [0.1, 0.15) is 5.75 Å². The van der Waals surface area contributed by atoms with Crippen molar-refractivity contribution in [2.24, 2.45) is 0 Å². The van der Waals surface area contributed by atoms with Crippen LogP contribution in [0.2, 0.25) is 5.02 Å². The van der Waals surface area contributed by atoms with Crippen molar-refractivity contribution in [2.45, 2.75) is 33.4 Å². The van der Waals surface area contributed by atoms with Crippen LogP contribution in [0.4, 0.5) is 5.69 Å². The van der Waals surface area contributed by atoms with E-state index in [1.54, 1.807) is 37.3 Å². The topological polar surface area (TPSA) is 67.4 Å². The summed E-state index contributed by atoms with van der Waals surface area (Å²) in [6.07, 6.45) is -0.626. The van der Waals surface area contributed by atoms with Gasteiger partial charge in [-0.15, -0.1) is 0 Å². The standard InChI is InChI=1S/C19H21ClN2O3/c1-12-10-16(20)6-9-18(12)25-13(2)19(24)21-11-15-4-7-17(8-5-15)22-14(3)23/h4-10,13H,11H2,1-3H3,(H,21,24)(H,22,23). The van der Waals surface area contributed by atoms with Crippen molar-refractivity contribution in [3.05, 3.63) is 58.6 Å². The van der Waals surface area contributed by atoms with Gasteiger partial charge < -0.3 is 15.4 Å². The van der Waals surface area contributed by atoms with Crippen molar-refractivity contribution in [2.75, 3.05) is 5.32 Å². The molecule has 0 radical (unpaired) electrons. The van der Waals surface area contributed by atoms with Gasteiger partial charge in [0.05, 0.1) is 0 Å². The molecule has 0 bridgehead atoms. The summed E-state index contributed by atoms with van der Waals surface area (Å²) in [5, 5.41) is 6.16. The molecule has 0 spiro atoms. The number of carbonyl (C=O) groups excluding carboxylic acids is 2. The fourth-order valence-electron chi connectivity index (χ4n) is 2.23. The molecule has 0 aliphatic carbocycles. The van der Waals surface area contributed by atoms with Gasteiger partial charge in [0.15, 0.2) is 6.10 Å². The van der Waals surface area contributed by atoms with Gasteiger partial charge in [0, 0.05) is 24.2 Å². The van der Waals surface area contributed by atoms with Gasteiger partial charge in [0.25, 0.3) is 5.91 Å². The Morgan fingerprint density at radius 2 is 1.84 bits per heavy atom. The largest absolute Gasteiger partial charge is 0.481 e. The highest BCUT2D eigenvalue weighted by atomic mass is 35.5. The second-order valence-electron chi connectivity index (χ2n) is 5.77. The van der Waals surface area contributed by atoms with Crippen LogP contribution >= 0.6 is 11.6 Å². The Morgan fingerprint density at radius 3 is 2.44 bits per heavy atom. The van der Waals surface area contributed by atoms with E-state index in [1.807, 2.05) is 19.1 Å². The number of amides is 2. The first-order valence-electron chi connectivity index (χ1n) is 7.92. The van der Waals surface area contributed by atoms with Crippen LogP contribution < -0.4 is 15.4 Å². The molecule has 2 amide bonds. The summed E-state index contributed by atoms with van der Waals surface area (Å²) in [5.41, 5.74) is 2.52. The van der Waals surface area contributed by atoms with E-state index in [0.29, 0.717) is 17.3 Å². The predicted molar refractivity (Wildman–Crippen MR) is 98.9 cm³/mol. The number of rotatable bonds is 6. The Kier molecular flexibility index (Phi) is 6.42. The highest BCUT2D eigenvalue weighted by molar-refractivity contribution is 6.30. The number of anilines is 1. The Labute approximate surface area is 152 Å². The van der Waals surface area contributed by atoms with E-state index in [0.717, 1.165) is 16.8 Å². The number of hydrogen-bond donors (Lipinski definition) is 2. The van der Waals surface area contributed by atoms with Crippen LogP contribution in [0.3, 0.4) is 0 Å². The lowest BCUT2D eigenvalue weighted by atomic mass is 10.2. The van der Waals surface area contributed by atoms with E-state index >= 15 is 0 Å². The van der Waals surface area contributed by atoms with Crippen LogP contribution in [-0.4, -0.2) is 17.9 Å². The number of hydrogen-bond acceptors (Lipinski definition) is 3.